The summed E-state index contributed by atoms with van der Waals surface area (Å²) in [6.07, 6.45) is 3.90. The number of thiazole rings is 1. The van der Waals surface area contributed by atoms with E-state index in [0.29, 0.717) is 6.42 Å². The second-order valence-corrected chi connectivity index (χ2v) is 7.45. The summed E-state index contributed by atoms with van der Waals surface area (Å²) in [4.78, 5) is 19.0. The molecule has 1 amide bonds. The molecule has 1 aromatic carbocycles. The van der Waals surface area contributed by atoms with Crippen molar-refractivity contribution >= 4 is 34.1 Å². The number of rotatable bonds is 5. The SMILES string of the molecule is Cc1ccc(SCCC(=O)Nc2nc3c(s2)CCC3)cc1. The van der Waals surface area contributed by atoms with Crippen LogP contribution >= 0.6 is 23.1 Å². The van der Waals surface area contributed by atoms with E-state index in [1.165, 1.54) is 27.5 Å². The van der Waals surface area contributed by atoms with E-state index in [1.807, 2.05) is 0 Å². The lowest BCUT2D eigenvalue weighted by Gasteiger charge is -2.03. The van der Waals surface area contributed by atoms with Gasteiger partial charge >= 0.3 is 0 Å². The third-order valence-electron chi connectivity index (χ3n) is 3.46. The van der Waals surface area contributed by atoms with Crippen molar-refractivity contribution in [2.75, 3.05) is 11.1 Å². The van der Waals surface area contributed by atoms with E-state index >= 15 is 0 Å². The fraction of sp³-hybridized carbons (Fsp3) is 0.375. The molecular weight excluding hydrogens is 300 g/mol. The molecule has 0 atom stereocenters. The average molecular weight is 318 g/mol. The quantitative estimate of drug-likeness (QED) is 0.845. The second-order valence-electron chi connectivity index (χ2n) is 5.20. The Labute approximate surface area is 133 Å². The maximum atomic E-state index is 11.9. The summed E-state index contributed by atoms with van der Waals surface area (Å²) in [6.45, 7) is 2.08. The van der Waals surface area contributed by atoms with Crippen LogP contribution in [-0.2, 0) is 17.6 Å². The highest BCUT2D eigenvalue weighted by Crippen LogP contribution is 2.30. The molecule has 3 rings (SSSR count). The van der Waals surface area contributed by atoms with Crippen molar-refractivity contribution in [3.05, 3.63) is 40.4 Å². The van der Waals surface area contributed by atoms with Crippen LogP contribution in [-0.4, -0.2) is 16.6 Å². The van der Waals surface area contributed by atoms with Crippen LogP contribution in [0.15, 0.2) is 29.2 Å². The molecule has 1 aliphatic rings. The first-order valence-electron chi connectivity index (χ1n) is 7.18. The lowest BCUT2D eigenvalue weighted by Crippen LogP contribution is -2.12. The van der Waals surface area contributed by atoms with Crippen molar-refractivity contribution in [3.63, 3.8) is 0 Å². The third-order valence-corrected chi connectivity index (χ3v) is 5.55. The van der Waals surface area contributed by atoms with E-state index in [2.05, 4.69) is 41.5 Å². The van der Waals surface area contributed by atoms with Crippen molar-refractivity contribution in [3.8, 4) is 0 Å². The number of aromatic nitrogens is 1. The second kappa shape index (κ2) is 6.62. The van der Waals surface area contributed by atoms with E-state index in [-0.39, 0.29) is 5.91 Å². The number of nitrogens with zero attached hydrogens (tertiary/aromatic N) is 1. The smallest absolute Gasteiger partial charge is 0.226 e. The molecule has 0 aliphatic heterocycles. The van der Waals surface area contributed by atoms with Gasteiger partial charge in [0.05, 0.1) is 5.69 Å². The monoisotopic (exact) mass is 318 g/mol. The number of hydrogen-bond donors (Lipinski definition) is 1. The summed E-state index contributed by atoms with van der Waals surface area (Å²) in [5, 5.41) is 3.69. The van der Waals surface area contributed by atoms with Crippen LogP contribution in [0.1, 0.15) is 29.0 Å². The van der Waals surface area contributed by atoms with Gasteiger partial charge in [0, 0.05) is 21.9 Å². The molecule has 1 aliphatic carbocycles. The summed E-state index contributed by atoms with van der Waals surface area (Å²) >= 11 is 3.35. The van der Waals surface area contributed by atoms with Gasteiger partial charge in [0.25, 0.3) is 0 Å². The van der Waals surface area contributed by atoms with Crippen molar-refractivity contribution in [1.29, 1.82) is 0 Å². The number of anilines is 1. The molecule has 5 heteroatoms. The van der Waals surface area contributed by atoms with Crippen LogP contribution in [0.4, 0.5) is 5.13 Å². The number of thioether (sulfide) groups is 1. The molecule has 0 saturated heterocycles. The van der Waals surface area contributed by atoms with E-state index in [0.717, 1.165) is 23.7 Å². The summed E-state index contributed by atoms with van der Waals surface area (Å²) in [5.74, 6) is 0.849. The third kappa shape index (κ3) is 3.86. The minimum absolute atomic E-state index is 0.0574. The van der Waals surface area contributed by atoms with E-state index in [9.17, 15) is 4.79 Å². The topological polar surface area (TPSA) is 42.0 Å². The maximum absolute atomic E-state index is 11.9. The van der Waals surface area contributed by atoms with Gasteiger partial charge in [-0.2, -0.15) is 0 Å². The van der Waals surface area contributed by atoms with Crippen molar-refractivity contribution < 1.29 is 4.79 Å². The number of aryl methyl sites for hydroxylation is 3. The zero-order valence-corrected chi connectivity index (χ0v) is 13.6. The van der Waals surface area contributed by atoms with Crippen LogP contribution < -0.4 is 5.32 Å². The van der Waals surface area contributed by atoms with E-state index in [4.69, 9.17) is 0 Å². The number of carbonyl (C=O) groups excluding carboxylic acids is 1. The Morgan fingerprint density at radius 3 is 2.90 bits per heavy atom. The Balaban J connectivity index is 1.44. The summed E-state index contributed by atoms with van der Waals surface area (Å²) in [6, 6.07) is 8.39. The molecule has 21 heavy (non-hydrogen) atoms. The highest BCUT2D eigenvalue weighted by Gasteiger charge is 2.17. The zero-order chi connectivity index (χ0) is 14.7. The molecular formula is C16H18N2OS2. The fourth-order valence-electron chi connectivity index (χ4n) is 2.32. The van der Waals surface area contributed by atoms with E-state index in [1.54, 1.807) is 23.1 Å². The van der Waals surface area contributed by atoms with Crippen molar-refractivity contribution in [1.82, 2.24) is 4.98 Å². The van der Waals surface area contributed by atoms with Gasteiger partial charge in [-0.15, -0.1) is 23.1 Å². The molecule has 0 fully saturated rings. The lowest BCUT2D eigenvalue weighted by atomic mass is 10.2. The molecule has 0 radical (unpaired) electrons. The average Bonchev–Trinajstić information content (AvgIpc) is 3.02. The van der Waals surface area contributed by atoms with Crippen LogP contribution in [0.25, 0.3) is 0 Å². The first-order valence-corrected chi connectivity index (χ1v) is 8.99. The van der Waals surface area contributed by atoms with Crippen molar-refractivity contribution in [2.24, 2.45) is 0 Å². The van der Waals surface area contributed by atoms with E-state index < -0.39 is 0 Å². The standard InChI is InChI=1S/C16H18N2OS2/c1-11-5-7-12(8-6-11)20-10-9-15(19)18-16-17-13-3-2-4-14(13)21-16/h5-8H,2-4,9-10H2,1H3,(H,17,18,19). The molecule has 0 bridgehead atoms. The summed E-state index contributed by atoms with van der Waals surface area (Å²) in [7, 11) is 0. The largest absolute Gasteiger partial charge is 0.302 e. The summed E-state index contributed by atoms with van der Waals surface area (Å²) in [5.41, 5.74) is 2.44. The maximum Gasteiger partial charge on any atom is 0.226 e. The highest BCUT2D eigenvalue weighted by atomic mass is 32.2. The lowest BCUT2D eigenvalue weighted by molar-refractivity contribution is -0.115. The predicted molar refractivity (Wildman–Crippen MR) is 89.3 cm³/mol. The molecule has 1 heterocycles. The zero-order valence-electron chi connectivity index (χ0n) is 12.0. The Bertz CT molecular complexity index is 613. The van der Waals surface area contributed by atoms with Gasteiger partial charge in [0.1, 0.15) is 0 Å². The normalized spacial score (nSPS) is 13.2. The fourth-order valence-corrected chi connectivity index (χ4v) is 4.24. The Morgan fingerprint density at radius 2 is 2.14 bits per heavy atom. The van der Waals surface area contributed by atoms with Gasteiger partial charge in [-0.25, -0.2) is 4.98 Å². The summed E-state index contributed by atoms with van der Waals surface area (Å²) < 4.78 is 0. The van der Waals surface area contributed by atoms with Gasteiger partial charge < -0.3 is 5.32 Å². The molecule has 1 aromatic heterocycles. The van der Waals surface area contributed by atoms with Crippen LogP contribution in [0.3, 0.4) is 0 Å². The molecule has 0 spiro atoms. The van der Waals surface area contributed by atoms with Gasteiger partial charge in [-0.05, 0) is 38.3 Å². The Kier molecular flexibility index (Phi) is 4.60. The number of carbonyl (C=O) groups is 1. The molecule has 110 valence electrons. The van der Waals surface area contributed by atoms with Crippen LogP contribution in [0, 0.1) is 6.92 Å². The number of amides is 1. The minimum Gasteiger partial charge on any atom is -0.302 e. The number of benzene rings is 1. The predicted octanol–water partition coefficient (Wildman–Crippen LogP) is 4.06. The van der Waals surface area contributed by atoms with Gasteiger partial charge in [0.15, 0.2) is 5.13 Å². The van der Waals surface area contributed by atoms with Gasteiger partial charge in [-0.1, -0.05) is 17.7 Å². The Morgan fingerprint density at radius 1 is 1.33 bits per heavy atom. The molecule has 3 nitrogen and oxygen atoms in total. The van der Waals surface area contributed by atoms with Crippen molar-refractivity contribution in [2.45, 2.75) is 37.5 Å². The van der Waals surface area contributed by atoms with Crippen LogP contribution in [0.2, 0.25) is 0 Å². The molecule has 1 N–H and O–H groups in total. The van der Waals surface area contributed by atoms with Crippen LogP contribution in [0.5, 0.6) is 0 Å². The number of fused-ring (bicyclic) bond motifs is 1. The number of hydrogen-bond acceptors (Lipinski definition) is 4. The highest BCUT2D eigenvalue weighted by molar-refractivity contribution is 7.99. The molecule has 2 aromatic rings. The molecule has 0 unspecified atom stereocenters. The van der Waals surface area contributed by atoms with Gasteiger partial charge in [-0.3, -0.25) is 4.79 Å². The number of nitrogens with one attached hydrogen (secondary N) is 1. The minimum atomic E-state index is 0.0574. The van der Waals surface area contributed by atoms with Gasteiger partial charge in [0.2, 0.25) is 5.91 Å². The first kappa shape index (κ1) is 14.6. The first-order chi connectivity index (χ1) is 10.2. The Hall–Kier alpha value is -1.33. The molecule has 0 saturated carbocycles.